The molecular weight excluding hydrogens is 452 g/mol. The lowest BCUT2D eigenvalue weighted by Gasteiger charge is -2.40. The van der Waals surface area contributed by atoms with Crippen molar-refractivity contribution in [3.8, 4) is 0 Å². The first-order chi connectivity index (χ1) is 16.4. The van der Waals surface area contributed by atoms with Gasteiger partial charge in [0.05, 0.1) is 6.54 Å². The van der Waals surface area contributed by atoms with E-state index in [0.717, 1.165) is 5.56 Å². The van der Waals surface area contributed by atoms with Crippen molar-refractivity contribution in [3.63, 3.8) is 0 Å². The summed E-state index contributed by atoms with van der Waals surface area (Å²) in [6.07, 6.45) is 1.51. The number of aromatic nitrogens is 1. The van der Waals surface area contributed by atoms with E-state index in [1.54, 1.807) is 37.2 Å². The zero-order chi connectivity index (χ0) is 25.5. The lowest BCUT2D eigenvalue weighted by Crippen LogP contribution is -2.63. The fraction of sp³-hybridized carbons (Fsp3) is 0.500. The fourth-order valence-electron chi connectivity index (χ4n) is 4.94. The average Bonchev–Trinajstić information content (AvgIpc) is 3.08. The van der Waals surface area contributed by atoms with Gasteiger partial charge >= 0.3 is 5.92 Å². The number of benzene rings is 1. The number of pyridine rings is 1. The van der Waals surface area contributed by atoms with E-state index >= 15 is 8.78 Å². The number of nitrogens with zero attached hydrogens (tertiary/aromatic N) is 4. The molecule has 188 valence electrons. The van der Waals surface area contributed by atoms with Gasteiger partial charge in [0.1, 0.15) is 11.7 Å². The summed E-state index contributed by atoms with van der Waals surface area (Å²) in [5.74, 6) is -3.61. The molecule has 1 aromatic carbocycles. The average molecular weight is 486 g/mol. The van der Waals surface area contributed by atoms with Gasteiger partial charge in [-0.1, -0.05) is 44.2 Å². The van der Waals surface area contributed by atoms with Crippen LogP contribution in [0, 0.1) is 0 Å². The third-order valence-electron chi connectivity index (χ3n) is 6.87. The van der Waals surface area contributed by atoms with Gasteiger partial charge < -0.3 is 20.0 Å². The number of piperazine rings is 1. The Labute approximate surface area is 205 Å². The summed E-state index contributed by atoms with van der Waals surface area (Å²) < 4.78 is 30.6. The Kier molecular flexibility index (Phi) is 6.57. The molecule has 4 rings (SSSR count). The molecule has 2 aliphatic rings. The van der Waals surface area contributed by atoms with E-state index in [4.69, 9.17) is 0 Å². The molecule has 1 fully saturated rings. The van der Waals surface area contributed by atoms with E-state index in [2.05, 4.69) is 10.3 Å². The number of nitrogens with one attached hydrogen (secondary N) is 1. The maximum absolute atomic E-state index is 15.3. The van der Waals surface area contributed by atoms with Crippen LogP contribution >= 0.6 is 0 Å². The van der Waals surface area contributed by atoms with Gasteiger partial charge in [-0.05, 0) is 13.0 Å². The van der Waals surface area contributed by atoms with Crippen LogP contribution in [-0.4, -0.2) is 79.0 Å². The van der Waals surface area contributed by atoms with Crippen molar-refractivity contribution >= 4 is 17.5 Å². The highest BCUT2D eigenvalue weighted by molar-refractivity contribution is 5.90. The van der Waals surface area contributed by atoms with Crippen LogP contribution in [-0.2, 0) is 20.9 Å². The Hall–Kier alpha value is -3.07. The van der Waals surface area contributed by atoms with Crippen LogP contribution in [0.15, 0.2) is 42.6 Å². The smallest absolute Gasteiger partial charge is 0.314 e. The molecule has 0 spiro atoms. The van der Waals surface area contributed by atoms with Crippen LogP contribution in [0.2, 0.25) is 0 Å². The van der Waals surface area contributed by atoms with Gasteiger partial charge in [0, 0.05) is 68.2 Å². The fourth-order valence-corrected chi connectivity index (χ4v) is 4.94. The first-order valence-electron chi connectivity index (χ1n) is 11.8. The summed E-state index contributed by atoms with van der Waals surface area (Å²) in [5.41, 5.74) is 0.565. The van der Waals surface area contributed by atoms with Gasteiger partial charge in [-0.25, -0.2) is 0 Å². The summed E-state index contributed by atoms with van der Waals surface area (Å²) in [6, 6.07) is 8.47. The number of halogens is 2. The van der Waals surface area contributed by atoms with Gasteiger partial charge in [-0.3, -0.25) is 14.6 Å². The summed E-state index contributed by atoms with van der Waals surface area (Å²) in [6.45, 7) is 7.26. The second-order valence-electron chi connectivity index (χ2n) is 10.4. The van der Waals surface area contributed by atoms with Crippen molar-refractivity contribution < 1.29 is 18.4 Å². The highest BCUT2D eigenvalue weighted by Crippen LogP contribution is 2.43. The second kappa shape index (κ2) is 9.18. The number of likely N-dealkylation sites (N-methyl/N-ethyl adjacent to an activating group) is 1. The van der Waals surface area contributed by atoms with Crippen LogP contribution in [0.25, 0.3) is 0 Å². The SMILES string of the molecule is C[C@@H]1CN(C(=O)CN2CC(C)(C)c3cnc(C(F)(F)c4ccccc4)cc32)[C@@H](C(=O)N(C)C)CN1. The number of hydrogen-bond acceptors (Lipinski definition) is 5. The van der Waals surface area contributed by atoms with Crippen molar-refractivity contribution in [2.24, 2.45) is 0 Å². The molecule has 0 radical (unpaired) electrons. The maximum Gasteiger partial charge on any atom is 0.314 e. The third kappa shape index (κ3) is 4.74. The molecule has 35 heavy (non-hydrogen) atoms. The topological polar surface area (TPSA) is 68.8 Å². The molecule has 7 nitrogen and oxygen atoms in total. The monoisotopic (exact) mass is 485 g/mol. The second-order valence-corrected chi connectivity index (χ2v) is 10.4. The number of carbonyl (C=O) groups excluding carboxylic acids is 2. The number of rotatable bonds is 5. The van der Waals surface area contributed by atoms with E-state index in [1.807, 2.05) is 25.7 Å². The van der Waals surface area contributed by atoms with Gasteiger partial charge in [-0.2, -0.15) is 8.78 Å². The van der Waals surface area contributed by atoms with Crippen molar-refractivity contribution in [1.29, 1.82) is 0 Å². The van der Waals surface area contributed by atoms with Gasteiger partial charge in [-0.15, -0.1) is 0 Å². The Morgan fingerprint density at radius 3 is 2.57 bits per heavy atom. The van der Waals surface area contributed by atoms with Crippen molar-refractivity contribution in [2.75, 3.05) is 45.2 Å². The minimum Gasteiger partial charge on any atom is -0.361 e. The number of anilines is 1. The molecular formula is C26H33F2N5O2. The largest absolute Gasteiger partial charge is 0.361 e. The lowest BCUT2D eigenvalue weighted by molar-refractivity contribution is -0.145. The van der Waals surface area contributed by atoms with Crippen LogP contribution in [0.1, 0.15) is 37.6 Å². The summed E-state index contributed by atoms with van der Waals surface area (Å²) in [5, 5.41) is 3.27. The molecule has 2 amide bonds. The van der Waals surface area contributed by atoms with E-state index < -0.39 is 12.0 Å². The Morgan fingerprint density at radius 2 is 1.91 bits per heavy atom. The summed E-state index contributed by atoms with van der Waals surface area (Å²) >= 11 is 0. The lowest BCUT2D eigenvalue weighted by atomic mass is 9.88. The van der Waals surface area contributed by atoms with Crippen LogP contribution in [0.5, 0.6) is 0 Å². The number of amides is 2. The van der Waals surface area contributed by atoms with Crippen molar-refractivity contribution in [2.45, 2.75) is 44.2 Å². The summed E-state index contributed by atoms with van der Waals surface area (Å²) in [4.78, 5) is 35.3. The minimum atomic E-state index is -3.27. The third-order valence-corrected chi connectivity index (χ3v) is 6.87. The number of hydrogen-bond donors (Lipinski definition) is 1. The highest BCUT2D eigenvalue weighted by Gasteiger charge is 2.42. The Bertz CT molecular complexity index is 1110. The molecule has 1 aromatic heterocycles. The summed E-state index contributed by atoms with van der Waals surface area (Å²) in [7, 11) is 3.34. The zero-order valence-corrected chi connectivity index (χ0v) is 20.9. The molecule has 3 heterocycles. The Morgan fingerprint density at radius 1 is 1.23 bits per heavy atom. The van der Waals surface area contributed by atoms with E-state index in [-0.39, 0.29) is 41.1 Å². The normalized spacial score (nSPS) is 21.6. The number of carbonyl (C=O) groups is 2. The van der Waals surface area contributed by atoms with Crippen LogP contribution in [0.4, 0.5) is 14.5 Å². The predicted molar refractivity (Wildman–Crippen MR) is 131 cm³/mol. The van der Waals surface area contributed by atoms with E-state index in [9.17, 15) is 9.59 Å². The van der Waals surface area contributed by atoms with E-state index in [1.165, 1.54) is 29.3 Å². The number of fused-ring (bicyclic) bond motifs is 1. The highest BCUT2D eigenvalue weighted by atomic mass is 19.3. The first-order valence-corrected chi connectivity index (χ1v) is 11.8. The van der Waals surface area contributed by atoms with Crippen LogP contribution < -0.4 is 10.2 Å². The molecule has 9 heteroatoms. The minimum absolute atomic E-state index is 0.000715. The molecule has 0 saturated carbocycles. The van der Waals surface area contributed by atoms with Crippen molar-refractivity contribution in [3.05, 3.63) is 59.4 Å². The quantitative estimate of drug-likeness (QED) is 0.705. The molecule has 2 atom stereocenters. The molecule has 1 N–H and O–H groups in total. The zero-order valence-electron chi connectivity index (χ0n) is 20.9. The molecule has 0 aliphatic carbocycles. The maximum atomic E-state index is 15.3. The molecule has 2 aromatic rings. The molecule has 0 bridgehead atoms. The molecule has 2 aliphatic heterocycles. The standard InChI is InChI=1S/C26H33F2N5O2/c1-17-14-33(21(13-29-17)24(35)31(4)5)23(34)15-32-16-25(2,3)19-12-30-22(11-20(19)32)26(27,28)18-9-7-6-8-10-18/h6-12,17,21,29H,13-16H2,1-5H3/t17-,21-/m1/s1. The number of alkyl halides is 2. The van der Waals surface area contributed by atoms with Crippen LogP contribution in [0.3, 0.4) is 0 Å². The van der Waals surface area contributed by atoms with Gasteiger partial charge in [0.25, 0.3) is 0 Å². The molecule has 1 saturated heterocycles. The Balaban J connectivity index is 1.63. The molecule has 0 unspecified atom stereocenters. The predicted octanol–water partition coefficient (Wildman–Crippen LogP) is 2.60. The van der Waals surface area contributed by atoms with Gasteiger partial charge in [0.15, 0.2) is 0 Å². The first kappa shape index (κ1) is 25.0. The van der Waals surface area contributed by atoms with Crippen molar-refractivity contribution in [1.82, 2.24) is 20.1 Å². The van der Waals surface area contributed by atoms with Gasteiger partial charge in [0.2, 0.25) is 11.8 Å². The van der Waals surface area contributed by atoms with E-state index in [0.29, 0.717) is 25.3 Å².